The number of nitrogens with zero attached hydrogens (tertiary/aromatic N) is 1. The van der Waals surface area contributed by atoms with Crippen molar-refractivity contribution in [1.29, 1.82) is 0 Å². The molecule has 0 fully saturated rings. The van der Waals surface area contributed by atoms with E-state index in [1.54, 1.807) is 0 Å². The molecule has 0 aliphatic carbocycles. The number of allylic oxidation sites excluding steroid dienone is 14. The van der Waals surface area contributed by atoms with E-state index in [0.717, 1.165) is 83.5 Å². The van der Waals surface area contributed by atoms with Gasteiger partial charge in [0.2, 0.25) is 0 Å². The van der Waals surface area contributed by atoms with Gasteiger partial charge in [-0.15, -0.1) is 0 Å². The van der Waals surface area contributed by atoms with Crippen molar-refractivity contribution in [2.75, 3.05) is 54.1 Å². The fourth-order valence-corrected chi connectivity index (χ4v) is 7.98. The number of quaternary nitrogens is 1. The molecular weight excluding hydrogens is 854 g/mol. The molecule has 0 radical (unpaired) electrons. The predicted molar refractivity (Wildman–Crippen MR) is 286 cm³/mol. The number of esters is 1. The van der Waals surface area contributed by atoms with Crippen molar-refractivity contribution >= 4 is 13.8 Å². The number of rotatable bonds is 50. The Morgan fingerprint density at radius 2 is 0.866 bits per heavy atom. The van der Waals surface area contributed by atoms with Crippen LogP contribution in [0.5, 0.6) is 0 Å². The number of phosphoric acid groups is 1. The minimum atomic E-state index is -4.54. The number of carbonyl (C=O) groups is 1. The Labute approximate surface area is 414 Å². The third-order valence-corrected chi connectivity index (χ3v) is 12.4. The van der Waals surface area contributed by atoms with E-state index in [-0.39, 0.29) is 25.8 Å². The Hall–Kier alpha value is -2.32. The topological polar surface area (TPSA) is 94.1 Å². The zero-order chi connectivity index (χ0) is 49.0. The second-order valence-electron chi connectivity index (χ2n) is 19.2. The van der Waals surface area contributed by atoms with Gasteiger partial charge in [0.05, 0.1) is 34.4 Å². The molecular formula is C58H104NO7P. The molecule has 0 aliphatic rings. The van der Waals surface area contributed by atoms with E-state index in [0.29, 0.717) is 24.1 Å². The number of hydrogen-bond donors (Lipinski definition) is 0. The molecule has 0 spiro atoms. The Kier molecular flexibility index (Phi) is 48.3. The van der Waals surface area contributed by atoms with E-state index < -0.39 is 13.9 Å². The molecule has 0 saturated carbocycles. The molecule has 0 aromatic carbocycles. The van der Waals surface area contributed by atoms with Crippen molar-refractivity contribution in [1.82, 2.24) is 0 Å². The summed E-state index contributed by atoms with van der Waals surface area (Å²) in [4.78, 5) is 25.2. The molecule has 388 valence electrons. The minimum Gasteiger partial charge on any atom is -0.756 e. The summed E-state index contributed by atoms with van der Waals surface area (Å²) in [6.45, 7) is 5.28. The number of carbonyl (C=O) groups excluding carboxylic acids is 1. The Morgan fingerprint density at radius 1 is 0.478 bits per heavy atom. The van der Waals surface area contributed by atoms with Crippen LogP contribution in [-0.4, -0.2) is 70.7 Å². The number of phosphoric ester groups is 1. The molecule has 8 nitrogen and oxygen atoms in total. The smallest absolute Gasteiger partial charge is 0.306 e. The molecule has 0 rings (SSSR count). The van der Waals surface area contributed by atoms with Gasteiger partial charge in [-0.2, -0.15) is 0 Å². The van der Waals surface area contributed by atoms with Gasteiger partial charge < -0.3 is 27.9 Å². The lowest BCUT2D eigenvalue weighted by Crippen LogP contribution is -2.37. The minimum absolute atomic E-state index is 0.0188. The highest BCUT2D eigenvalue weighted by atomic mass is 31.2. The Morgan fingerprint density at radius 3 is 1.31 bits per heavy atom. The average molecular weight is 958 g/mol. The van der Waals surface area contributed by atoms with E-state index >= 15 is 0 Å². The lowest BCUT2D eigenvalue weighted by Gasteiger charge is -2.28. The maximum absolute atomic E-state index is 12.8. The molecule has 2 unspecified atom stereocenters. The predicted octanol–water partition coefficient (Wildman–Crippen LogP) is 16.5. The number of hydrogen-bond acceptors (Lipinski definition) is 7. The van der Waals surface area contributed by atoms with E-state index in [9.17, 15) is 14.3 Å². The largest absolute Gasteiger partial charge is 0.756 e. The Balaban J connectivity index is 4.17. The SMILES string of the molecule is CC/C=C\C/C=C\C/C=C\C/C=C\C/C=C\C/C=C\CCCCCCCCC(=O)OC(COCCCCCCCCCCCC/C=C\CCCCCCCC)COP(=O)([O-])OCC[N+](C)(C)C. The third-order valence-electron chi connectivity index (χ3n) is 11.4. The van der Waals surface area contributed by atoms with Gasteiger partial charge in [-0.05, 0) is 89.9 Å². The molecule has 0 aliphatic heterocycles. The lowest BCUT2D eigenvalue weighted by atomic mass is 10.1. The van der Waals surface area contributed by atoms with Crippen molar-refractivity contribution in [3.05, 3.63) is 85.1 Å². The Bertz CT molecular complexity index is 1340. The van der Waals surface area contributed by atoms with Gasteiger partial charge in [0.1, 0.15) is 19.3 Å². The first-order valence-corrected chi connectivity index (χ1v) is 28.8. The summed E-state index contributed by atoms with van der Waals surface area (Å²) in [6, 6.07) is 0. The summed E-state index contributed by atoms with van der Waals surface area (Å²) >= 11 is 0. The highest BCUT2D eigenvalue weighted by Crippen LogP contribution is 2.38. The first kappa shape index (κ1) is 64.7. The number of unbranched alkanes of at least 4 members (excludes halogenated alkanes) is 22. The molecule has 9 heteroatoms. The quantitative estimate of drug-likeness (QED) is 0.0197. The first-order valence-electron chi connectivity index (χ1n) is 27.3. The van der Waals surface area contributed by atoms with Gasteiger partial charge in [-0.3, -0.25) is 9.36 Å². The van der Waals surface area contributed by atoms with Crippen LogP contribution in [0.25, 0.3) is 0 Å². The van der Waals surface area contributed by atoms with E-state index in [4.69, 9.17) is 18.5 Å². The molecule has 0 N–H and O–H groups in total. The summed E-state index contributed by atoms with van der Waals surface area (Å²) in [7, 11) is 1.34. The third kappa shape index (κ3) is 54.5. The van der Waals surface area contributed by atoms with Crippen LogP contribution in [0.2, 0.25) is 0 Å². The van der Waals surface area contributed by atoms with Crippen molar-refractivity contribution in [3.63, 3.8) is 0 Å². The van der Waals surface area contributed by atoms with Crippen LogP contribution in [0.4, 0.5) is 0 Å². The van der Waals surface area contributed by atoms with Gasteiger partial charge in [0, 0.05) is 13.0 Å². The van der Waals surface area contributed by atoms with Gasteiger partial charge >= 0.3 is 5.97 Å². The van der Waals surface area contributed by atoms with Crippen LogP contribution >= 0.6 is 7.82 Å². The van der Waals surface area contributed by atoms with E-state index in [1.165, 1.54) is 116 Å². The molecule has 0 bridgehead atoms. The van der Waals surface area contributed by atoms with Crippen LogP contribution in [0.3, 0.4) is 0 Å². The summed E-state index contributed by atoms with van der Waals surface area (Å²) < 4.78 is 34.8. The number of likely N-dealkylation sites (N-methyl/N-ethyl adjacent to an activating group) is 1. The van der Waals surface area contributed by atoms with Crippen molar-refractivity contribution in [2.45, 2.75) is 225 Å². The summed E-state index contributed by atoms with van der Waals surface area (Å²) in [5, 5.41) is 0. The van der Waals surface area contributed by atoms with Crippen LogP contribution in [0, 0.1) is 0 Å². The molecule has 0 amide bonds. The highest BCUT2D eigenvalue weighted by molar-refractivity contribution is 7.45. The van der Waals surface area contributed by atoms with Gasteiger partial charge in [-0.25, -0.2) is 0 Å². The maximum Gasteiger partial charge on any atom is 0.306 e. The van der Waals surface area contributed by atoms with E-state index in [1.807, 2.05) is 21.1 Å². The zero-order valence-electron chi connectivity index (χ0n) is 44.1. The fourth-order valence-electron chi connectivity index (χ4n) is 7.25. The summed E-state index contributed by atoms with van der Waals surface area (Å²) in [5.41, 5.74) is 0. The molecule has 0 heterocycles. The monoisotopic (exact) mass is 958 g/mol. The lowest BCUT2D eigenvalue weighted by molar-refractivity contribution is -0.870. The van der Waals surface area contributed by atoms with Crippen molar-refractivity contribution in [2.24, 2.45) is 0 Å². The van der Waals surface area contributed by atoms with Crippen molar-refractivity contribution < 1.29 is 37.3 Å². The summed E-state index contributed by atoms with van der Waals surface area (Å²) in [6.07, 6.45) is 67.5. The molecule has 2 atom stereocenters. The molecule has 0 aromatic heterocycles. The molecule has 0 saturated heterocycles. The summed E-state index contributed by atoms with van der Waals surface area (Å²) in [5.74, 6) is -0.350. The second kappa shape index (κ2) is 50.1. The van der Waals surface area contributed by atoms with E-state index in [2.05, 4.69) is 98.9 Å². The van der Waals surface area contributed by atoms with Gasteiger partial charge in [0.25, 0.3) is 7.82 Å². The van der Waals surface area contributed by atoms with Crippen molar-refractivity contribution in [3.8, 4) is 0 Å². The fraction of sp³-hybridized carbons (Fsp3) is 0.741. The second-order valence-corrected chi connectivity index (χ2v) is 20.6. The molecule has 67 heavy (non-hydrogen) atoms. The first-order chi connectivity index (χ1) is 32.6. The highest BCUT2D eigenvalue weighted by Gasteiger charge is 2.20. The van der Waals surface area contributed by atoms with Gasteiger partial charge in [-0.1, -0.05) is 208 Å². The van der Waals surface area contributed by atoms with Crippen LogP contribution in [0.1, 0.15) is 219 Å². The van der Waals surface area contributed by atoms with Crippen LogP contribution in [0.15, 0.2) is 85.1 Å². The normalized spacial score (nSPS) is 14.2. The average Bonchev–Trinajstić information content (AvgIpc) is 3.29. The molecule has 0 aromatic rings. The van der Waals surface area contributed by atoms with Crippen LogP contribution in [-0.2, 0) is 27.9 Å². The zero-order valence-corrected chi connectivity index (χ0v) is 45.0. The maximum atomic E-state index is 12.8. The van der Waals surface area contributed by atoms with Gasteiger partial charge in [0.15, 0.2) is 0 Å². The van der Waals surface area contributed by atoms with Crippen LogP contribution < -0.4 is 4.89 Å². The standard InChI is InChI=1S/C58H104NO7P/c1-6-8-10-12-14-16-18-20-22-24-26-28-29-30-31-32-33-35-37-39-41-43-45-47-49-51-58(60)66-57(56-65-67(61,62)64-54-52-59(3,4)5)55-63-53-50-48-46-44-42-40-38-36-34-27-25-23-21-19-17-15-13-11-9-7-2/h8,10,14,16,20-23,26,28,30-31,33,35,57H,6-7,9,11-13,15,17-19,24-25,27,29,32,34,36-56H2,1-5H3/b10-8-,16-14-,22-20-,23-21-,28-26-,31-30-,35-33-. The number of ether oxygens (including phenoxy) is 2.